The summed E-state index contributed by atoms with van der Waals surface area (Å²) in [5.41, 5.74) is 0.595. The van der Waals surface area contributed by atoms with Crippen LogP contribution in [0.2, 0.25) is 0 Å². The first-order chi connectivity index (χ1) is 10.5. The van der Waals surface area contributed by atoms with Crippen molar-refractivity contribution in [2.24, 2.45) is 5.92 Å². The maximum absolute atomic E-state index is 12.6. The Morgan fingerprint density at radius 2 is 2.23 bits per heavy atom. The highest BCUT2D eigenvalue weighted by Gasteiger charge is 2.30. The smallest absolute Gasteiger partial charge is 0.257 e. The van der Waals surface area contributed by atoms with E-state index in [1.165, 1.54) is 0 Å². The van der Waals surface area contributed by atoms with Crippen LogP contribution in [0.1, 0.15) is 34.7 Å². The first-order valence-corrected chi connectivity index (χ1v) is 7.66. The Hall–Kier alpha value is -1.82. The van der Waals surface area contributed by atoms with Crippen LogP contribution >= 0.6 is 0 Å². The Morgan fingerprint density at radius 1 is 1.45 bits per heavy atom. The molecule has 1 aliphatic rings. The fraction of sp³-hybridized carbons (Fsp3) is 0.625. The van der Waals surface area contributed by atoms with Gasteiger partial charge in [0.25, 0.3) is 5.91 Å². The van der Waals surface area contributed by atoms with Crippen molar-refractivity contribution < 1.29 is 18.7 Å². The molecule has 1 unspecified atom stereocenters. The monoisotopic (exact) mass is 308 g/mol. The standard InChI is InChI=1S/C16H24N2O4/c1-11-9-14(12(2)22-11)16(20)18-7-4-5-13(10-18)15(19)17-6-8-21-3/h9,13H,4-8,10H2,1-3H3,(H,17,19). The van der Waals surface area contributed by atoms with Gasteiger partial charge in [0.15, 0.2) is 0 Å². The highest BCUT2D eigenvalue weighted by molar-refractivity contribution is 5.95. The summed E-state index contributed by atoms with van der Waals surface area (Å²) in [6.07, 6.45) is 1.65. The molecule has 1 aliphatic heterocycles. The third-order valence-corrected chi connectivity index (χ3v) is 3.96. The predicted molar refractivity (Wildman–Crippen MR) is 81.7 cm³/mol. The molecule has 1 saturated heterocycles. The van der Waals surface area contributed by atoms with E-state index >= 15 is 0 Å². The van der Waals surface area contributed by atoms with Crippen LogP contribution in [-0.2, 0) is 9.53 Å². The molecule has 6 nitrogen and oxygen atoms in total. The van der Waals surface area contributed by atoms with Crippen LogP contribution in [0, 0.1) is 19.8 Å². The summed E-state index contributed by atoms with van der Waals surface area (Å²) in [5.74, 6) is 1.15. The second-order valence-corrected chi connectivity index (χ2v) is 5.70. The number of furan rings is 1. The van der Waals surface area contributed by atoms with Crippen LogP contribution in [0.5, 0.6) is 0 Å². The summed E-state index contributed by atoms with van der Waals surface area (Å²) in [7, 11) is 1.60. The minimum absolute atomic E-state index is 0.00496. The molecule has 2 heterocycles. The molecule has 22 heavy (non-hydrogen) atoms. The Morgan fingerprint density at radius 3 is 2.86 bits per heavy atom. The number of aryl methyl sites for hydroxylation is 2. The first kappa shape index (κ1) is 16.5. The number of carbonyl (C=O) groups is 2. The van der Waals surface area contributed by atoms with E-state index in [9.17, 15) is 9.59 Å². The molecule has 122 valence electrons. The lowest BCUT2D eigenvalue weighted by atomic mass is 9.96. The van der Waals surface area contributed by atoms with Crippen LogP contribution in [0.4, 0.5) is 0 Å². The molecule has 2 amide bonds. The highest BCUT2D eigenvalue weighted by Crippen LogP contribution is 2.21. The van der Waals surface area contributed by atoms with Gasteiger partial charge in [0.1, 0.15) is 11.5 Å². The Labute approximate surface area is 130 Å². The van der Waals surface area contributed by atoms with Crippen molar-refractivity contribution in [3.63, 3.8) is 0 Å². The number of hydrogen-bond donors (Lipinski definition) is 1. The number of amides is 2. The number of piperidine rings is 1. The van der Waals surface area contributed by atoms with Crippen LogP contribution in [0.15, 0.2) is 10.5 Å². The molecule has 1 aromatic rings. The molecule has 2 rings (SSSR count). The molecule has 0 saturated carbocycles. The summed E-state index contributed by atoms with van der Waals surface area (Å²) in [4.78, 5) is 26.5. The molecule has 1 aromatic heterocycles. The van der Waals surface area contributed by atoms with Crippen molar-refractivity contribution in [2.75, 3.05) is 33.4 Å². The van der Waals surface area contributed by atoms with Gasteiger partial charge in [-0.3, -0.25) is 9.59 Å². The molecular weight excluding hydrogens is 284 g/mol. The third-order valence-electron chi connectivity index (χ3n) is 3.96. The van der Waals surface area contributed by atoms with Crippen molar-refractivity contribution in [1.82, 2.24) is 10.2 Å². The predicted octanol–water partition coefficient (Wildman–Crippen LogP) is 1.51. The second kappa shape index (κ2) is 7.45. The number of nitrogens with zero attached hydrogens (tertiary/aromatic N) is 1. The van der Waals surface area contributed by atoms with Crippen LogP contribution in [0.3, 0.4) is 0 Å². The number of likely N-dealkylation sites (tertiary alicyclic amines) is 1. The number of ether oxygens (including phenoxy) is 1. The number of nitrogens with one attached hydrogen (secondary N) is 1. The van der Waals surface area contributed by atoms with E-state index in [1.54, 1.807) is 25.0 Å². The van der Waals surface area contributed by atoms with Gasteiger partial charge >= 0.3 is 0 Å². The maximum Gasteiger partial charge on any atom is 0.257 e. The SMILES string of the molecule is COCCNC(=O)C1CCCN(C(=O)c2cc(C)oc2C)C1. The van der Waals surface area contributed by atoms with E-state index in [4.69, 9.17) is 9.15 Å². The van der Waals surface area contributed by atoms with Crippen molar-refractivity contribution in [3.8, 4) is 0 Å². The first-order valence-electron chi connectivity index (χ1n) is 7.66. The average molecular weight is 308 g/mol. The van der Waals surface area contributed by atoms with Gasteiger partial charge in [0.05, 0.1) is 18.1 Å². The quantitative estimate of drug-likeness (QED) is 0.837. The highest BCUT2D eigenvalue weighted by atomic mass is 16.5. The molecule has 0 bridgehead atoms. The van der Waals surface area contributed by atoms with Gasteiger partial charge in [0, 0.05) is 26.7 Å². The molecule has 0 aromatic carbocycles. The molecule has 1 N–H and O–H groups in total. The summed E-state index contributed by atoms with van der Waals surface area (Å²) in [6.45, 7) is 5.76. The van der Waals surface area contributed by atoms with Crippen LogP contribution in [-0.4, -0.2) is 50.1 Å². The zero-order valence-corrected chi connectivity index (χ0v) is 13.5. The van der Waals surface area contributed by atoms with Crippen molar-refractivity contribution in [1.29, 1.82) is 0 Å². The Kier molecular flexibility index (Phi) is 5.60. The van der Waals surface area contributed by atoms with Crippen LogP contribution < -0.4 is 5.32 Å². The molecule has 1 atom stereocenters. The Balaban J connectivity index is 1.96. The van der Waals surface area contributed by atoms with Crippen molar-refractivity contribution in [3.05, 3.63) is 23.2 Å². The fourth-order valence-corrected chi connectivity index (χ4v) is 2.81. The van der Waals surface area contributed by atoms with Gasteiger partial charge in [-0.1, -0.05) is 0 Å². The number of rotatable bonds is 5. The largest absolute Gasteiger partial charge is 0.466 e. The van der Waals surface area contributed by atoms with Gasteiger partial charge in [-0.15, -0.1) is 0 Å². The van der Waals surface area contributed by atoms with Gasteiger partial charge in [0.2, 0.25) is 5.91 Å². The number of carbonyl (C=O) groups excluding carboxylic acids is 2. The van der Waals surface area contributed by atoms with E-state index in [2.05, 4.69) is 5.32 Å². The topological polar surface area (TPSA) is 71.8 Å². The minimum Gasteiger partial charge on any atom is -0.466 e. The molecule has 0 spiro atoms. The Bertz CT molecular complexity index is 538. The number of methoxy groups -OCH3 is 1. The summed E-state index contributed by atoms with van der Waals surface area (Å²) >= 11 is 0. The molecule has 0 aliphatic carbocycles. The van der Waals surface area contributed by atoms with E-state index in [0.29, 0.717) is 37.6 Å². The normalized spacial score (nSPS) is 18.3. The molecule has 0 radical (unpaired) electrons. The molecule has 6 heteroatoms. The van der Waals surface area contributed by atoms with Gasteiger partial charge in [-0.2, -0.15) is 0 Å². The van der Waals surface area contributed by atoms with Gasteiger partial charge in [-0.05, 0) is 32.8 Å². The lowest BCUT2D eigenvalue weighted by Gasteiger charge is -2.32. The average Bonchev–Trinajstić information content (AvgIpc) is 2.85. The van der Waals surface area contributed by atoms with Crippen LogP contribution in [0.25, 0.3) is 0 Å². The zero-order valence-electron chi connectivity index (χ0n) is 13.5. The van der Waals surface area contributed by atoms with E-state index in [0.717, 1.165) is 18.6 Å². The maximum atomic E-state index is 12.6. The molecule has 1 fully saturated rings. The van der Waals surface area contributed by atoms with E-state index < -0.39 is 0 Å². The summed E-state index contributed by atoms with van der Waals surface area (Å²) in [5, 5.41) is 2.85. The third kappa shape index (κ3) is 3.88. The van der Waals surface area contributed by atoms with Gasteiger partial charge in [-0.25, -0.2) is 0 Å². The summed E-state index contributed by atoms with van der Waals surface area (Å²) < 4.78 is 10.3. The van der Waals surface area contributed by atoms with Crippen molar-refractivity contribution >= 4 is 11.8 Å². The lowest BCUT2D eigenvalue weighted by molar-refractivity contribution is -0.126. The van der Waals surface area contributed by atoms with Gasteiger partial charge < -0.3 is 19.4 Å². The minimum atomic E-state index is -0.150. The van der Waals surface area contributed by atoms with E-state index in [-0.39, 0.29) is 17.7 Å². The molecular formula is C16H24N2O4. The lowest BCUT2D eigenvalue weighted by Crippen LogP contribution is -2.46. The fourth-order valence-electron chi connectivity index (χ4n) is 2.81. The second-order valence-electron chi connectivity index (χ2n) is 5.70. The summed E-state index contributed by atoms with van der Waals surface area (Å²) in [6, 6.07) is 1.76. The van der Waals surface area contributed by atoms with E-state index in [1.807, 2.05) is 6.92 Å². The van der Waals surface area contributed by atoms with Crippen molar-refractivity contribution in [2.45, 2.75) is 26.7 Å². The number of hydrogen-bond acceptors (Lipinski definition) is 4. The zero-order chi connectivity index (χ0) is 16.1.